The molecule has 42 heavy (non-hydrogen) atoms. The second-order valence-electron chi connectivity index (χ2n) is 7.58. The topological polar surface area (TPSA) is 256 Å². The molecule has 0 aliphatic heterocycles. The molecule has 0 spiro atoms. The van der Waals surface area contributed by atoms with E-state index in [4.69, 9.17) is 11.0 Å². The summed E-state index contributed by atoms with van der Waals surface area (Å²) < 4.78 is 94.9. The minimum atomic E-state index is -4.91. The minimum Gasteiger partial charge on any atom is -0.507 e. The highest BCUT2D eigenvalue weighted by atomic mass is 32.2. The van der Waals surface area contributed by atoms with Gasteiger partial charge in [-0.1, -0.05) is 5.04 Å². The molecule has 3 aromatic carbocycles. The van der Waals surface area contributed by atoms with Crippen LogP contribution >= 0.6 is 12.0 Å². The zero-order valence-corrected chi connectivity index (χ0v) is 22.9. The number of aromatic hydroxyl groups is 1. The number of fused-ring (bicyclic) bond motifs is 1. The summed E-state index contributed by atoms with van der Waals surface area (Å²) in [6, 6.07) is 7.65. The van der Waals surface area contributed by atoms with Crippen molar-refractivity contribution in [3.8, 4) is 5.75 Å². The van der Waals surface area contributed by atoms with Crippen LogP contribution in [0.5, 0.6) is 5.75 Å². The molecule has 0 unspecified atom stereocenters. The quantitative estimate of drug-likeness (QED) is 0.0214. The number of nitrogens with one attached hydrogen (secondary N) is 1. The Morgan fingerprint density at radius 1 is 1.02 bits per heavy atom. The number of benzene rings is 3. The number of phenolic OH excluding ortho intramolecular Hbond substituents is 1. The fourth-order valence-electron chi connectivity index (χ4n) is 3.25. The molecule has 224 valence electrons. The summed E-state index contributed by atoms with van der Waals surface area (Å²) in [7, 11) is -9.77. The lowest BCUT2D eigenvalue weighted by molar-refractivity contribution is -0.432. The van der Waals surface area contributed by atoms with E-state index in [-0.39, 0.29) is 21.4 Å². The van der Waals surface area contributed by atoms with E-state index in [1.807, 2.05) is 0 Å². The monoisotopic (exact) mass is 648 g/mol. The zero-order valence-electron chi connectivity index (χ0n) is 20.5. The first-order valence-corrected chi connectivity index (χ1v) is 14.3. The van der Waals surface area contributed by atoms with Crippen molar-refractivity contribution in [2.45, 2.75) is 14.7 Å². The third kappa shape index (κ3) is 8.23. The van der Waals surface area contributed by atoms with Crippen LogP contribution in [0.4, 0.5) is 31.5 Å². The minimum absolute atomic E-state index is 0.00541. The first-order valence-electron chi connectivity index (χ1n) is 10.7. The third-order valence-corrected chi connectivity index (χ3v) is 7.25. The molecule has 1 heterocycles. The van der Waals surface area contributed by atoms with Crippen LogP contribution in [-0.4, -0.2) is 53.1 Å². The molecule has 4 aromatic rings. The predicted octanol–water partition coefficient (Wildman–Crippen LogP) is 4.42. The average Bonchev–Trinajstić information content (AvgIpc) is 2.91. The number of azo groups is 1. The summed E-state index contributed by atoms with van der Waals surface area (Å²) >= 11 is 0.436. The van der Waals surface area contributed by atoms with Gasteiger partial charge in [-0.2, -0.15) is 21.2 Å². The van der Waals surface area contributed by atoms with Gasteiger partial charge in [-0.25, -0.2) is 19.6 Å². The molecule has 21 heteroatoms. The number of anilines is 2. The second-order valence-corrected chi connectivity index (χ2v) is 11.1. The number of nitrogen functional groups attached to an aromatic ring is 1. The Hall–Kier alpha value is -4.09. The Morgan fingerprint density at radius 3 is 2.29 bits per heavy atom. The van der Waals surface area contributed by atoms with E-state index in [2.05, 4.69) is 34.9 Å². The second kappa shape index (κ2) is 13.7. The molecule has 7 N–H and O–H groups in total. The zero-order chi connectivity index (χ0) is 31.1. The smallest absolute Gasteiger partial charge is 0.296 e. The van der Waals surface area contributed by atoms with Gasteiger partial charge in [0.2, 0.25) is 5.95 Å². The molecule has 0 atom stereocenters. The number of nitrogens with two attached hydrogens (primary N) is 1. The fourth-order valence-corrected chi connectivity index (χ4v) is 5.00. The molecule has 0 amide bonds. The number of alkyl halides is 1. The average molecular weight is 649 g/mol. The molecular weight excluding hydrogens is 630 g/mol. The Kier molecular flexibility index (Phi) is 10.6. The van der Waals surface area contributed by atoms with Crippen molar-refractivity contribution in [3.63, 3.8) is 0 Å². The number of aromatic nitrogens is 2. The summed E-state index contributed by atoms with van der Waals surface area (Å²) in [5, 5.41) is 31.8. The van der Waals surface area contributed by atoms with Gasteiger partial charge < -0.3 is 16.2 Å². The standard InChI is InChI=1S/C17H15FN4O10S3.C4H3FN2/c18-7-20-9-1-2-11(13(5-9)34(25,26)27)21-22-17-15-8(4-14(16(17)19)35(28,29)30)3-10(6-12(15)23)33-32-31-24;5-4-1-2-6-3-7-4/h1-6,20,23-24H,7,19H2,(H,25,26,27)(H,28,29,30);1-3H. The van der Waals surface area contributed by atoms with Crippen molar-refractivity contribution in [1.82, 2.24) is 9.97 Å². The van der Waals surface area contributed by atoms with E-state index >= 15 is 0 Å². The van der Waals surface area contributed by atoms with Gasteiger partial charge in [0, 0.05) is 22.8 Å². The lowest BCUT2D eigenvalue weighted by Gasteiger charge is -2.12. The van der Waals surface area contributed by atoms with Gasteiger partial charge in [0.15, 0.2) is 6.80 Å². The summed E-state index contributed by atoms with van der Waals surface area (Å²) in [5.74, 6) is -1.01. The maximum Gasteiger partial charge on any atom is 0.296 e. The van der Waals surface area contributed by atoms with E-state index in [0.29, 0.717) is 12.0 Å². The SMILES string of the molecule is Fc1ccncn1.Nc1c(S(=O)(=O)O)cc2cc(SOOO)cc(O)c2c1N=Nc1ccc(NCF)cc1S(=O)(=O)O. The van der Waals surface area contributed by atoms with Gasteiger partial charge in [-0.15, -0.1) is 14.6 Å². The molecule has 0 radical (unpaired) electrons. The molecule has 0 fully saturated rings. The van der Waals surface area contributed by atoms with E-state index in [9.17, 15) is 39.8 Å². The van der Waals surface area contributed by atoms with Crippen LogP contribution in [0.25, 0.3) is 10.8 Å². The van der Waals surface area contributed by atoms with Crippen molar-refractivity contribution < 1.29 is 54.5 Å². The number of nitrogens with zero attached hydrogens (tertiary/aromatic N) is 4. The van der Waals surface area contributed by atoms with Crippen molar-refractivity contribution in [2.75, 3.05) is 17.8 Å². The number of rotatable bonds is 9. The molecule has 0 aliphatic carbocycles. The summed E-state index contributed by atoms with van der Waals surface area (Å²) in [6.45, 7) is -1.04. The van der Waals surface area contributed by atoms with Crippen LogP contribution in [0.3, 0.4) is 0 Å². The number of halogens is 2. The van der Waals surface area contributed by atoms with Crippen molar-refractivity contribution in [2.24, 2.45) is 10.2 Å². The van der Waals surface area contributed by atoms with Crippen LogP contribution < -0.4 is 11.1 Å². The van der Waals surface area contributed by atoms with Gasteiger partial charge in [-0.3, -0.25) is 9.11 Å². The molecular formula is C21H18F2N6O10S3. The van der Waals surface area contributed by atoms with E-state index < -0.39 is 65.6 Å². The van der Waals surface area contributed by atoms with Gasteiger partial charge in [0.25, 0.3) is 20.2 Å². The van der Waals surface area contributed by atoms with Crippen LogP contribution in [-0.2, 0) is 29.6 Å². The summed E-state index contributed by atoms with van der Waals surface area (Å²) in [4.78, 5) is 5.24. The highest BCUT2D eigenvalue weighted by molar-refractivity contribution is 7.94. The fraction of sp³-hybridized carbons (Fsp3) is 0.0476. The summed E-state index contributed by atoms with van der Waals surface area (Å²) in [5.41, 5.74) is 4.30. The molecule has 4 rings (SSSR count). The van der Waals surface area contributed by atoms with Crippen LogP contribution in [0.2, 0.25) is 0 Å². The van der Waals surface area contributed by atoms with Crippen LogP contribution in [0.1, 0.15) is 0 Å². The van der Waals surface area contributed by atoms with Gasteiger partial charge >= 0.3 is 0 Å². The Labute approximate surface area is 239 Å². The van der Waals surface area contributed by atoms with Gasteiger partial charge in [0.1, 0.15) is 33.2 Å². The Bertz CT molecular complexity index is 1830. The molecule has 0 bridgehead atoms. The van der Waals surface area contributed by atoms with Gasteiger partial charge in [-0.05, 0) is 41.8 Å². The van der Waals surface area contributed by atoms with Gasteiger partial charge in [0.05, 0.1) is 23.1 Å². The van der Waals surface area contributed by atoms with Crippen LogP contribution in [0, 0.1) is 5.95 Å². The first kappa shape index (κ1) is 32.4. The normalized spacial score (nSPS) is 11.8. The maximum absolute atomic E-state index is 12.5. The van der Waals surface area contributed by atoms with Crippen LogP contribution in [0.15, 0.2) is 79.9 Å². The van der Waals surface area contributed by atoms with Crippen molar-refractivity contribution in [3.05, 3.63) is 60.9 Å². The highest BCUT2D eigenvalue weighted by Crippen LogP contribution is 2.44. The highest BCUT2D eigenvalue weighted by Gasteiger charge is 2.23. The molecule has 0 aliphatic rings. The number of hydrogen-bond donors (Lipinski definition) is 6. The molecule has 0 saturated heterocycles. The first-order chi connectivity index (χ1) is 19.8. The number of hydrogen-bond acceptors (Lipinski definition) is 15. The predicted molar refractivity (Wildman–Crippen MR) is 143 cm³/mol. The Balaban J connectivity index is 0.000000603. The lowest BCUT2D eigenvalue weighted by atomic mass is 10.1. The molecule has 0 saturated carbocycles. The van der Waals surface area contributed by atoms with E-state index in [1.54, 1.807) is 0 Å². The molecule has 1 aromatic heterocycles. The molecule has 16 nitrogen and oxygen atoms in total. The Morgan fingerprint density at radius 2 is 1.74 bits per heavy atom. The maximum atomic E-state index is 12.5. The van der Waals surface area contributed by atoms with Crippen molar-refractivity contribution >= 4 is 65.8 Å². The van der Waals surface area contributed by atoms with E-state index in [0.717, 1.165) is 30.6 Å². The largest absolute Gasteiger partial charge is 0.507 e. The van der Waals surface area contributed by atoms with E-state index in [1.165, 1.54) is 24.4 Å². The van der Waals surface area contributed by atoms with Crippen molar-refractivity contribution in [1.29, 1.82) is 0 Å². The summed E-state index contributed by atoms with van der Waals surface area (Å²) in [6.07, 6.45) is 2.51. The lowest BCUT2D eigenvalue weighted by Crippen LogP contribution is -2.04. The third-order valence-electron chi connectivity index (χ3n) is 4.92. The number of phenols is 1.